The number of aromatic nitrogens is 3. The Morgan fingerprint density at radius 1 is 1.11 bits per heavy atom. The topological polar surface area (TPSA) is 57.0 Å². The van der Waals surface area contributed by atoms with E-state index < -0.39 is 0 Å². The number of carbonyl (C=O) groups is 1. The van der Waals surface area contributed by atoms with E-state index in [-0.39, 0.29) is 11.8 Å². The summed E-state index contributed by atoms with van der Waals surface area (Å²) in [6.45, 7) is 16.0. The molecule has 7 nitrogen and oxygen atoms in total. The highest BCUT2D eigenvalue weighted by Gasteiger charge is 2.31. The molecule has 1 unspecified atom stereocenters. The third kappa shape index (κ3) is 4.57. The highest BCUT2D eigenvalue weighted by Crippen LogP contribution is 2.33. The molecule has 0 aromatic carbocycles. The first-order chi connectivity index (χ1) is 16.9. The number of hydrogen-bond donors (Lipinski definition) is 0. The van der Waals surface area contributed by atoms with E-state index in [1.807, 2.05) is 30.8 Å². The van der Waals surface area contributed by atoms with Crippen molar-refractivity contribution in [3.8, 4) is 0 Å². The van der Waals surface area contributed by atoms with Crippen molar-refractivity contribution in [1.29, 1.82) is 0 Å². The minimum absolute atomic E-state index is 0.0250. The van der Waals surface area contributed by atoms with Crippen LogP contribution in [-0.4, -0.2) is 67.9 Å². The number of carbonyl (C=O) groups excluding carboxylic acids is 1. The zero-order valence-electron chi connectivity index (χ0n) is 21.5. The number of nitrogens with zero attached hydrogens (tertiary/aromatic N) is 6. The van der Waals surface area contributed by atoms with Gasteiger partial charge < -0.3 is 9.80 Å². The summed E-state index contributed by atoms with van der Waals surface area (Å²) in [5, 5.41) is 4.81. The molecular weight excluding hydrogens is 436 g/mol. The van der Waals surface area contributed by atoms with Gasteiger partial charge in [-0.25, -0.2) is 4.52 Å². The lowest BCUT2D eigenvalue weighted by atomic mass is 9.92. The molecule has 1 saturated heterocycles. The van der Waals surface area contributed by atoms with Crippen LogP contribution in [0.2, 0.25) is 0 Å². The highest BCUT2D eigenvalue weighted by atomic mass is 16.2. The number of allylic oxidation sites excluding steroid dienone is 4. The maximum Gasteiger partial charge on any atom is 0.255 e. The molecule has 0 radical (unpaired) electrons. The van der Waals surface area contributed by atoms with Crippen molar-refractivity contribution < 1.29 is 4.79 Å². The zero-order chi connectivity index (χ0) is 24.7. The van der Waals surface area contributed by atoms with Gasteiger partial charge in [0, 0.05) is 43.5 Å². The van der Waals surface area contributed by atoms with Crippen LogP contribution in [0.4, 0.5) is 0 Å². The Bertz CT molecular complexity index is 1260. The molecule has 0 saturated carbocycles. The molecule has 184 valence electrons. The Labute approximate surface area is 208 Å². The fourth-order valence-corrected chi connectivity index (χ4v) is 5.32. The fraction of sp³-hybridized carbons (Fsp3) is 0.464. The lowest BCUT2D eigenvalue weighted by molar-refractivity contribution is -0.122. The molecule has 5 heterocycles. The molecule has 7 heteroatoms. The molecule has 35 heavy (non-hydrogen) atoms. The molecule has 0 N–H and O–H groups in total. The summed E-state index contributed by atoms with van der Waals surface area (Å²) in [6.07, 6.45) is 13.0. The molecule has 0 aliphatic carbocycles. The third-order valence-electron chi connectivity index (χ3n) is 7.48. The van der Waals surface area contributed by atoms with Crippen molar-refractivity contribution in [2.24, 2.45) is 11.8 Å². The van der Waals surface area contributed by atoms with Crippen LogP contribution in [-0.2, 0) is 4.79 Å². The van der Waals surface area contributed by atoms with Crippen LogP contribution in [0.1, 0.15) is 44.3 Å². The summed E-state index contributed by atoms with van der Waals surface area (Å²) >= 11 is 0. The van der Waals surface area contributed by atoms with Gasteiger partial charge in [-0.3, -0.25) is 14.7 Å². The van der Waals surface area contributed by atoms with Crippen molar-refractivity contribution in [3.05, 3.63) is 71.2 Å². The second kappa shape index (κ2) is 9.46. The Morgan fingerprint density at radius 2 is 1.86 bits per heavy atom. The summed E-state index contributed by atoms with van der Waals surface area (Å²) in [6, 6.07) is 2.05. The van der Waals surface area contributed by atoms with E-state index in [1.54, 1.807) is 11.0 Å². The Morgan fingerprint density at radius 3 is 2.60 bits per heavy atom. The first-order valence-electron chi connectivity index (χ1n) is 12.8. The molecule has 1 amide bonds. The third-order valence-corrected chi connectivity index (χ3v) is 7.48. The fourth-order valence-electron chi connectivity index (χ4n) is 5.32. The predicted octanol–water partition coefficient (Wildman–Crippen LogP) is 4.17. The van der Waals surface area contributed by atoms with Gasteiger partial charge in [0.15, 0.2) is 0 Å². The van der Waals surface area contributed by atoms with Crippen LogP contribution in [0.5, 0.6) is 0 Å². The monoisotopic (exact) mass is 472 g/mol. The SMILES string of the molecule is CCN(CC)CC1CN(C2=CN3C(=O)C=C(c4cc5c(C)nc(C)cn5n4)C(C)CC=C3C=C2)C1. The molecule has 3 aliphatic rings. The minimum atomic E-state index is -0.0250. The van der Waals surface area contributed by atoms with Gasteiger partial charge in [-0.05, 0) is 63.1 Å². The smallest absolute Gasteiger partial charge is 0.255 e. The van der Waals surface area contributed by atoms with Crippen LogP contribution >= 0.6 is 0 Å². The van der Waals surface area contributed by atoms with E-state index in [0.29, 0.717) is 5.92 Å². The van der Waals surface area contributed by atoms with Crippen LogP contribution in [0.15, 0.2) is 54.2 Å². The van der Waals surface area contributed by atoms with Crippen LogP contribution < -0.4 is 0 Å². The van der Waals surface area contributed by atoms with E-state index in [9.17, 15) is 4.79 Å². The summed E-state index contributed by atoms with van der Waals surface area (Å²) < 4.78 is 1.88. The zero-order valence-corrected chi connectivity index (χ0v) is 21.5. The second-order valence-corrected chi connectivity index (χ2v) is 10.0. The van der Waals surface area contributed by atoms with E-state index in [1.165, 1.54) is 0 Å². The van der Waals surface area contributed by atoms with Gasteiger partial charge in [-0.2, -0.15) is 5.10 Å². The minimum Gasteiger partial charge on any atom is -0.370 e. The molecule has 5 rings (SSSR count). The van der Waals surface area contributed by atoms with Gasteiger partial charge in [0.25, 0.3) is 5.91 Å². The average Bonchev–Trinajstić information content (AvgIpc) is 3.23. The maximum atomic E-state index is 13.5. The van der Waals surface area contributed by atoms with Crippen LogP contribution in [0.3, 0.4) is 0 Å². The quantitative estimate of drug-likeness (QED) is 0.632. The van der Waals surface area contributed by atoms with Crippen molar-refractivity contribution in [3.63, 3.8) is 0 Å². The summed E-state index contributed by atoms with van der Waals surface area (Å²) in [5.74, 6) is 0.846. The van der Waals surface area contributed by atoms with Crippen molar-refractivity contribution in [2.75, 3.05) is 32.7 Å². The van der Waals surface area contributed by atoms with Crippen molar-refractivity contribution in [2.45, 2.75) is 41.0 Å². The summed E-state index contributed by atoms with van der Waals surface area (Å²) in [7, 11) is 0. The molecule has 0 bridgehead atoms. The Hall–Kier alpha value is -3.19. The molecule has 2 aromatic rings. The molecule has 0 spiro atoms. The predicted molar refractivity (Wildman–Crippen MR) is 139 cm³/mol. The standard InChI is InChI=1S/C28H36N6O/c1-6-31(7-2)15-22-16-32(17-22)24-11-10-23-9-8-19(3)25(12-28(35)33(23)18-24)26-13-27-21(5)29-20(4)14-34(27)30-26/h9-14,18-19,22H,6-8,15-17H2,1-5H3. The maximum absolute atomic E-state index is 13.5. The van der Waals surface area contributed by atoms with E-state index in [4.69, 9.17) is 5.10 Å². The van der Waals surface area contributed by atoms with Crippen molar-refractivity contribution >= 4 is 17.0 Å². The normalized spacial score (nSPS) is 20.9. The van der Waals surface area contributed by atoms with Gasteiger partial charge in [-0.1, -0.05) is 26.8 Å². The van der Waals surface area contributed by atoms with Crippen molar-refractivity contribution in [1.82, 2.24) is 29.3 Å². The van der Waals surface area contributed by atoms with E-state index in [2.05, 4.69) is 59.8 Å². The van der Waals surface area contributed by atoms with Gasteiger partial charge >= 0.3 is 0 Å². The van der Waals surface area contributed by atoms with E-state index in [0.717, 1.165) is 78.7 Å². The van der Waals surface area contributed by atoms with Gasteiger partial charge in [0.05, 0.1) is 34.5 Å². The molecule has 2 aromatic heterocycles. The first kappa shape index (κ1) is 23.5. The number of amides is 1. The molecule has 1 atom stereocenters. The van der Waals surface area contributed by atoms with Crippen LogP contribution in [0, 0.1) is 25.7 Å². The largest absolute Gasteiger partial charge is 0.370 e. The van der Waals surface area contributed by atoms with E-state index >= 15 is 0 Å². The molecule has 1 fully saturated rings. The number of hydrogen-bond acceptors (Lipinski definition) is 5. The summed E-state index contributed by atoms with van der Waals surface area (Å²) in [4.78, 5) is 24.7. The lowest BCUT2D eigenvalue weighted by Crippen LogP contribution is -2.51. The second-order valence-electron chi connectivity index (χ2n) is 10.0. The number of likely N-dealkylation sites (tertiary alicyclic amines) is 1. The number of rotatable bonds is 6. The highest BCUT2D eigenvalue weighted by molar-refractivity contribution is 5.98. The lowest BCUT2D eigenvalue weighted by Gasteiger charge is -2.44. The molecule has 3 aliphatic heterocycles. The average molecular weight is 473 g/mol. The van der Waals surface area contributed by atoms with Crippen LogP contribution in [0.25, 0.3) is 11.1 Å². The van der Waals surface area contributed by atoms with Gasteiger partial charge in [0.1, 0.15) is 0 Å². The van der Waals surface area contributed by atoms with Gasteiger partial charge in [0.2, 0.25) is 0 Å². The molecular formula is C28H36N6O. The number of aryl methyl sites for hydroxylation is 2. The Balaban J connectivity index is 1.37. The van der Waals surface area contributed by atoms with Gasteiger partial charge in [-0.15, -0.1) is 0 Å². The number of fused-ring (bicyclic) bond motifs is 2. The summed E-state index contributed by atoms with van der Waals surface area (Å²) in [5.41, 5.74) is 6.72. The Kier molecular flexibility index (Phi) is 6.36. The first-order valence-corrected chi connectivity index (χ1v) is 12.8.